The van der Waals surface area contributed by atoms with Crippen molar-refractivity contribution in [3.63, 3.8) is 0 Å². The van der Waals surface area contributed by atoms with E-state index in [9.17, 15) is 0 Å². The first-order valence-electron chi connectivity index (χ1n) is 4.51. The van der Waals surface area contributed by atoms with Crippen LogP contribution in [0, 0.1) is 5.41 Å². The molecule has 1 aromatic carbocycles. The lowest BCUT2D eigenvalue weighted by molar-refractivity contribution is 0.187. The van der Waals surface area contributed by atoms with Gasteiger partial charge in [-0.2, -0.15) is 0 Å². The van der Waals surface area contributed by atoms with Crippen molar-refractivity contribution in [1.29, 1.82) is 5.41 Å². The Balaban J connectivity index is 2.50. The third-order valence-corrected chi connectivity index (χ3v) is 1.93. The molecule has 0 spiro atoms. The third kappa shape index (κ3) is 3.38. The van der Waals surface area contributed by atoms with Gasteiger partial charge in [0.15, 0.2) is 0 Å². The lowest BCUT2D eigenvalue weighted by Crippen LogP contribution is -2.05. The van der Waals surface area contributed by atoms with E-state index in [4.69, 9.17) is 10.5 Å². The molecule has 13 heavy (non-hydrogen) atoms. The molecule has 0 amide bonds. The summed E-state index contributed by atoms with van der Waals surface area (Å²) in [6.45, 7) is 1.75. The minimum Gasteiger partial charge on any atom is -0.393 e. The van der Waals surface area contributed by atoms with Crippen LogP contribution >= 0.6 is 0 Å². The molecule has 0 aliphatic heterocycles. The summed E-state index contributed by atoms with van der Waals surface area (Å²) in [5.74, 6) is 0. The molecule has 2 N–H and O–H groups in total. The Morgan fingerprint density at radius 1 is 1.38 bits per heavy atom. The molecule has 0 aromatic heterocycles. The zero-order chi connectivity index (χ0) is 9.68. The molecule has 1 aromatic rings. The second-order valence-corrected chi connectivity index (χ2v) is 3.23. The highest BCUT2D eigenvalue weighted by Gasteiger charge is 2.02. The predicted octanol–water partition coefficient (Wildman–Crippen LogP) is 2.22. The van der Waals surface area contributed by atoms with Gasteiger partial charge in [-0.3, -0.25) is 0 Å². The lowest BCUT2D eigenvalue weighted by atomic mass is 10.0. The van der Waals surface area contributed by atoms with Gasteiger partial charge in [-0.15, -0.1) is 0 Å². The topological polar surface area (TPSA) is 44.1 Å². The zero-order valence-corrected chi connectivity index (χ0v) is 7.83. The number of hydrogen-bond donors (Lipinski definition) is 2. The summed E-state index contributed by atoms with van der Waals surface area (Å²) in [7, 11) is 0. The standard InChI is InChI=1S/C11H15NO/c1-9(13)7-8-11(12)10-5-3-2-4-6-10/h2-6,9,12-13H,7-8H2,1H3. The van der Waals surface area contributed by atoms with Crippen molar-refractivity contribution < 1.29 is 5.11 Å². The fourth-order valence-electron chi connectivity index (χ4n) is 1.14. The largest absolute Gasteiger partial charge is 0.393 e. The average molecular weight is 177 g/mol. The maximum atomic E-state index is 9.05. The van der Waals surface area contributed by atoms with Gasteiger partial charge in [0.1, 0.15) is 0 Å². The molecule has 0 aliphatic carbocycles. The number of aliphatic hydroxyl groups is 1. The molecule has 2 nitrogen and oxygen atoms in total. The molecule has 1 atom stereocenters. The second kappa shape index (κ2) is 4.77. The Kier molecular flexibility index (Phi) is 3.65. The van der Waals surface area contributed by atoms with Crippen LogP contribution < -0.4 is 0 Å². The Bertz CT molecular complexity index is 267. The molecular weight excluding hydrogens is 162 g/mol. The van der Waals surface area contributed by atoms with Gasteiger partial charge in [-0.05, 0) is 25.3 Å². The number of hydrogen-bond acceptors (Lipinski definition) is 2. The Hall–Kier alpha value is -1.15. The molecule has 0 bridgehead atoms. The quantitative estimate of drug-likeness (QED) is 0.680. The SMILES string of the molecule is CC(O)CCC(=N)c1ccccc1. The predicted molar refractivity (Wildman–Crippen MR) is 54.2 cm³/mol. The van der Waals surface area contributed by atoms with Gasteiger partial charge in [-0.1, -0.05) is 30.3 Å². The fourth-order valence-corrected chi connectivity index (χ4v) is 1.14. The third-order valence-electron chi connectivity index (χ3n) is 1.93. The van der Waals surface area contributed by atoms with Crippen LogP contribution in [-0.4, -0.2) is 16.9 Å². The molecule has 1 rings (SSSR count). The smallest absolute Gasteiger partial charge is 0.0515 e. The van der Waals surface area contributed by atoms with Crippen LogP contribution in [0.25, 0.3) is 0 Å². The highest BCUT2D eigenvalue weighted by molar-refractivity contribution is 5.98. The van der Waals surface area contributed by atoms with Gasteiger partial charge < -0.3 is 10.5 Å². The van der Waals surface area contributed by atoms with Gasteiger partial charge in [0, 0.05) is 5.71 Å². The number of benzene rings is 1. The van der Waals surface area contributed by atoms with Crippen molar-refractivity contribution in [2.45, 2.75) is 25.9 Å². The van der Waals surface area contributed by atoms with Crippen molar-refractivity contribution in [2.75, 3.05) is 0 Å². The Morgan fingerprint density at radius 2 is 2.00 bits per heavy atom. The summed E-state index contributed by atoms with van der Waals surface area (Å²) < 4.78 is 0. The van der Waals surface area contributed by atoms with E-state index in [1.54, 1.807) is 6.92 Å². The fraction of sp³-hybridized carbons (Fsp3) is 0.364. The number of aliphatic hydroxyl groups excluding tert-OH is 1. The monoisotopic (exact) mass is 177 g/mol. The van der Waals surface area contributed by atoms with Gasteiger partial charge in [0.05, 0.1) is 6.10 Å². The summed E-state index contributed by atoms with van der Waals surface area (Å²) in [6.07, 6.45) is 0.985. The van der Waals surface area contributed by atoms with Gasteiger partial charge >= 0.3 is 0 Å². The molecule has 1 unspecified atom stereocenters. The summed E-state index contributed by atoms with van der Waals surface area (Å²) in [6, 6.07) is 9.62. The zero-order valence-electron chi connectivity index (χ0n) is 7.83. The summed E-state index contributed by atoms with van der Waals surface area (Å²) >= 11 is 0. The first-order valence-corrected chi connectivity index (χ1v) is 4.51. The van der Waals surface area contributed by atoms with Crippen LogP contribution in [0.5, 0.6) is 0 Å². The number of nitrogens with one attached hydrogen (secondary N) is 1. The van der Waals surface area contributed by atoms with Crippen molar-refractivity contribution in [1.82, 2.24) is 0 Å². The highest BCUT2D eigenvalue weighted by atomic mass is 16.3. The van der Waals surface area contributed by atoms with E-state index < -0.39 is 0 Å². The van der Waals surface area contributed by atoms with Crippen LogP contribution in [0.3, 0.4) is 0 Å². The van der Waals surface area contributed by atoms with Crippen molar-refractivity contribution in [2.24, 2.45) is 0 Å². The molecule has 0 radical (unpaired) electrons. The normalized spacial score (nSPS) is 12.5. The maximum absolute atomic E-state index is 9.05. The molecule has 0 saturated heterocycles. The lowest BCUT2D eigenvalue weighted by Gasteiger charge is -2.05. The summed E-state index contributed by atoms with van der Waals surface area (Å²) in [5, 5.41) is 16.8. The molecule has 0 saturated carbocycles. The molecular formula is C11H15NO. The van der Waals surface area contributed by atoms with E-state index in [-0.39, 0.29) is 6.10 Å². The van der Waals surface area contributed by atoms with Crippen molar-refractivity contribution in [3.05, 3.63) is 35.9 Å². The van der Waals surface area contributed by atoms with Crippen LogP contribution in [0.15, 0.2) is 30.3 Å². The average Bonchev–Trinajstić information content (AvgIpc) is 2.15. The van der Waals surface area contributed by atoms with Gasteiger partial charge in [-0.25, -0.2) is 0 Å². The van der Waals surface area contributed by atoms with Crippen molar-refractivity contribution in [3.8, 4) is 0 Å². The summed E-state index contributed by atoms with van der Waals surface area (Å²) in [5.41, 5.74) is 1.55. The van der Waals surface area contributed by atoms with Crippen molar-refractivity contribution >= 4 is 5.71 Å². The first-order chi connectivity index (χ1) is 6.20. The molecule has 2 heteroatoms. The Labute approximate surface area is 78.7 Å². The molecule has 0 heterocycles. The van der Waals surface area contributed by atoms with E-state index in [1.165, 1.54) is 0 Å². The summed E-state index contributed by atoms with van der Waals surface area (Å²) in [4.78, 5) is 0. The van der Waals surface area contributed by atoms with E-state index in [0.717, 1.165) is 5.56 Å². The first kappa shape index (κ1) is 9.93. The minimum atomic E-state index is -0.316. The van der Waals surface area contributed by atoms with Gasteiger partial charge in [0.25, 0.3) is 0 Å². The van der Waals surface area contributed by atoms with Crippen LogP contribution in [0.2, 0.25) is 0 Å². The van der Waals surface area contributed by atoms with E-state index in [0.29, 0.717) is 18.6 Å². The highest BCUT2D eigenvalue weighted by Crippen LogP contribution is 2.06. The maximum Gasteiger partial charge on any atom is 0.0515 e. The second-order valence-electron chi connectivity index (χ2n) is 3.23. The minimum absolute atomic E-state index is 0.316. The van der Waals surface area contributed by atoms with E-state index >= 15 is 0 Å². The molecule has 0 aliphatic rings. The van der Waals surface area contributed by atoms with Crippen LogP contribution in [0.1, 0.15) is 25.3 Å². The molecule has 70 valence electrons. The number of rotatable bonds is 4. The van der Waals surface area contributed by atoms with E-state index in [1.807, 2.05) is 30.3 Å². The van der Waals surface area contributed by atoms with E-state index in [2.05, 4.69) is 0 Å². The molecule has 0 fully saturated rings. The van der Waals surface area contributed by atoms with Gasteiger partial charge in [0.2, 0.25) is 0 Å². The Morgan fingerprint density at radius 3 is 2.54 bits per heavy atom. The van der Waals surface area contributed by atoms with Crippen LogP contribution in [-0.2, 0) is 0 Å². The van der Waals surface area contributed by atoms with Crippen LogP contribution in [0.4, 0.5) is 0 Å².